The third kappa shape index (κ3) is 7.71. The fourth-order valence-electron chi connectivity index (χ4n) is 10.3. The Morgan fingerprint density at radius 2 is 1.89 bits per heavy atom. The molecule has 10 heteroatoms. The van der Waals surface area contributed by atoms with Crippen LogP contribution < -0.4 is 15.0 Å². The highest BCUT2D eigenvalue weighted by Crippen LogP contribution is 2.56. The van der Waals surface area contributed by atoms with E-state index in [4.69, 9.17) is 26.4 Å². The number of halogens is 1. The maximum atomic E-state index is 13.1. The van der Waals surface area contributed by atoms with Gasteiger partial charge in [-0.05, 0) is 129 Å². The summed E-state index contributed by atoms with van der Waals surface area (Å²) < 4.78 is 8.63. The minimum Gasteiger partial charge on any atom is -0.493 e. The molecule has 292 valence electrons. The van der Waals surface area contributed by atoms with Crippen molar-refractivity contribution in [1.29, 1.82) is 0 Å². The topological polar surface area (TPSA) is 95.8 Å². The molecule has 1 saturated carbocycles. The molecule has 3 heterocycles. The van der Waals surface area contributed by atoms with Crippen molar-refractivity contribution in [2.75, 3.05) is 43.0 Å². The van der Waals surface area contributed by atoms with E-state index in [1.165, 1.54) is 40.8 Å². The summed E-state index contributed by atoms with van der Waals surface area (Å²) in [5.41, 5.74) is 6.36. The molecule has 2 N–H and O–H groups in total. The molecule has 4 aliphatic rings. The second kappa shape index (κ2) is 15.8. The van der Waals surface area contributed by atoms with Gasteiger partial charge in [0.15, 0.2) is 5.82 Å². The Hall–Kier alpha value is -4.08. The van der Waals surface area contributed by atoms with E-state index in [1.54, 1.807) is 0 Å². The summed E-state index contributed by atoms with van der Waals surface area (Å²) in [6.45, 7) is 13.1. The second-order valence-corrected chi connectivity index (χ2v) is 17.4. The van der Waals surface area contributed by atoms with Crippen LogP contribution in [0.1, 0.15) is 99.6 Å². The van der Waals surface area contributed by atoms with Crippen LogP contribution in [-0.4, -0.2) is 69.1 Å². The van der Waals surface area contributed by atoms with Crippen LogP contribution in [0.3, 0.4) is 0 Å². The van der Waals surface area contributed by atoms with Crippen LogP contribution in [0.25, 0.3) is 0 Å². The fourth-order valence-corrected chi connectivity index (χ4v) is 10.5. The molecule has 3 atom stereocenters. The zero-order valence-electron chi connectivity index (χ0n) is 32.8. The number of hydrogen-bond donors (Lipinski definition) is 2. The first kappa shape index (κ1) is 37.8. The minimum atomic E-state index is -1.04. The summed E-state index contributed by atoms with van der Waals surface area (Å²) in [5, 5.41) is 19.5. The molecule has 9 nitrogen and oxygen atoms in total. The Morgan fingerprint density at radius 1 is 1.07 bits per heavy atom. The number of carboxylic acid groups (broad SMARTS) is 1. The monoisotopic (exact) mass is 764 g/mol. The number of aryl methyl sites for hydroxylation is 2. The van der Waals surface area contributed by atoms with E-state index in [0.717, 1.165) is 88.6 Å². The molecule has 0 amide bonds. The third-order valence-electron chi connectivity index (χ3n) is 13.4. The van der Waals surface area contributed by atoms with E-state index >= 15 is 0 Å². The molecule has 2 fully saturated rings. The molecule has 2 aromatic heterocycles. The molecule has 3 aliphatic carbocycles. The van der Waals surface area contributed by atoms with Gasteiger partial charge in [0, 0.05) is 79.7 Å². The second-order valence-electron chi connectivity index (χ2n) is 17.0. The molecule has 2 aromatic carbocycles. The molecule has 8 rings (SSSR count). The maximum Gasteiger partial charge on any atom is 0.329 e. The molecule has 1 saturated heterocycles. The van der Waals surface area contributed by atoms with Crippen LogP contribution in [0.5, 0.6) is 5.75 Å². The van der Waals surface area contributed by atoms with Crippen LogP contribution >= 0.6 is 11.6 Å². The SMILES string of the molecule is CCn1ccc(N2CCN(Cc3ccc4c(c3)C3(CCC(Nc5cccc(Cl)c5)(C(=O)O)CC3)C(C[C@@H](C)COc3ccnc5c3[C@H](C)CCC5)C4)CC2)n1. The lowest BCUT2D eigenvalue weighted by Gasteiger charge is -2.47. The summed E-state index contributed by atoms with van der Waals surface area (Å²) in [6.07, 6.45) is 12.2. The normalized spacial score (nSPS) is 25.7. The van der Waals surface area contributed by atoms with Gasteiger partial charge in [-0.25, -0.2) is 4.79 Å². The van der Waals surface area contributed by atoms with E-state index in [-0.39, 0.29) is 5.41 Å². The molecule has 4 aromatic rings. The Kier molecular flexibility index (Phi) is 10.9. The van der Waals surface area contributed by atoms with Gasteiger partial charge < -0.3 is 20.1 Å². The standard InChI is InChI=1S/C45H57ClN6O3/c1-4-52-20-14-41(49-52)51-23-21-50(22-24-51)29-33-11-12-34-27-35(25-31(2)30-55-40-13-19-47-39-10-5-7-32(3)42(39)40)44(38(34)26-33)15-17-45(18-16-44,43(53)54)48-37-9-6-8-36(46)28-37/h6,8-9,11-14,19-20,26,28,31-32,35,48H,4-5,7,10,15-18,21-25,27,29-30H2,1-3H3,(H,53,54)/t31-,32-,35?,44?,45?/m1/s1. The molecule has 1 aliphatic heterocycles. The first-order valence-electron chi connectivity index (χ1n) is 20.7. The first-order chi connectivity index (χ1) is 26.6. The van der Waals surface area contributed by atoms with Crippen LogP contribution in [0.2, 0.25) is 5.02 Å². The molecular weight excluding hydrogens is 708 g/mol. The van der Waals surface area contributed by atoms with Crippen molar-refractivity contribution in [3.05, 3.63) is 100.0 Å². The summed E-state index contributed by atoms with van der Waals surface area (Å²) >= 11 is 6.33. The average molecular weight is 765 g/mol. The number of hydrogen-bond acceptors (Lipinski definition) is 7. The van der Waals surface area contributed by atoms with E-state index in [1.807, 2.05) is 35.1 Å². The third-order valence-corrected chi connectivity index (χ3v) is 13.6. The van der Waals surface area contributed by atoms with Crippen LogP contribution in [0.4, 0.5) is 11.5 Å². The van der Waals surface area contributed by atoms with Crippen LogP contribution in [-0.2, 0) is 36.1 Å². The van der Waals surface area contributed by atoms with Gasteiger partial charge in [0.1, 0.15) is 11.3 Å². The Labute approximate surface area is 331 Å². The number of rotatable bonds is 12. The predicted octanol–water partition coefficient (Wildman–Crippen LogP) is 8.74. The summed E-state index contributed by atoms with van der Waals surface area (Å²) in [6, 6.07) is 18.9. The zero-order chi connectivity index (χ0) is 38.2. The van der Waals surface area contributed by atoms with E-state index < -0.39 is 11.5 Å². The number of aliphatic carboxylic acids is 1. The molecule has 55 heavy (non-hydrogen) atoms. The van der Waals surface area contributed by atoms with Gasteiger partial charge in [-0.1, -0.05) is 49.7 Å². The average Bonchev–Trinajstić information content (AvgIpc) is 3.78. The molecule has 0 radical (unpaired) electrons. The number of carboxylic acids is 1. The highest BCUT2D eigenvalue weighted by atomic mass is 35.5. The van der Waals surface area contributed by atoms with Crippen molar-refractivity contribution < 1.29 is 14.6 Å². The Bertz CT molecular complexity index is 1980. The molecule has 0 bridgehead atoms. The largest absolute Gasteiger partial charge is 0.493 e. The number of carbonyl (C=O) groups is 1. The lowest BCUT2D eigenvalue weighted by Crippen LogP contribution is -2.53. The zero-order valence-corrected chi connectivity index (χ0v) is 33.5. The van der Waals surface area contributed by atoms with Gasteiger partial charge in [0.05, 0.1) is 6.61 Å². The predicted molar refractivity (Wildman–Crippen MR) is 219 cm³/mol. The maximum absolute atomic E-state index is 13.1. The van der Waals surface area contributed by atoms with Gasteiger partial charge in [0.2, 0.25) is 0 Å². The highest BCUT2D eigenvalue weighted by Gasteiger charge is 2.54. The van der Waals surface area contributed by atoms with Gasteiger partial charge in [-0.3, -0.25) is 14.6 Å². The number of piperazine rings is 1. The smallest absolute Gasteiger partial charge is 0.329 e. The number of fused-ring (bicyclic) bond motifs is 3. The van der Waals surface area contributed by atoms with Crippen molar-refractivity contribution in [3.63, 3.8) is 0 Å². The van der Waals surface area contributed by atoms with Crippen molar-refractivity contribution in [2.24, 2.45) is 11.8 Å². The number of aromatic nitrogens is 3. The number of pyridine rings is 1. The quantitative estimate of drug-likeness (QED) is 0.148. The lowest BCUT2D eigenvalue weighted by molar-refractivity contribution is -0.144. The van der Waals surface area contributed by atoms with Gasteiger partial charge in [-0.15, -0.1) is 0 Å². The highest BCUT2D eigenvalue weighted by molar-refractivity contribution is 6.30. The number of nitrogens with one attached hydrogen (secondary N) is 1. The van der Waals surface area contributed by atoms with Crippen molar-refractivity contribution in [3.8, 4) is 5.75 Å². The molecule has 1 spiro atoms. The minimum absolute atomic E-state index is 0.0876. The molecule has 1 unspecified atom stereocenters. The summed E-state index contributed by atoms with van der Waals surface area (Å²) in [4.78, 5) is 22.8. The van der Waals surface area contributed by atoms with E-state index in [9.17, 15) is 9.90 Å². The molecular formula is C45H57ClN6O3. The fraction of sp³-hybridized carbons (Fsp3) is 0.533. The van der Waals surface area contributed by atoms with Crippen LogP contribution in [0.15, 0.2) is 67.0 Å². The summed E-state index contributed by atoms with van der Waals surface area (Å²) in [5.74, 6) is 2.51. The first-order valence-corrected chi connectivity index (χ1v) is 21.0. The number of ether oxygens (including phenoxy) is 1. The number of anilines is 2. The van der Waals surface area contributed by atoms with Crippen molar-refractivity contribution in [2.45, 2.75) is 109 Å². The Morgan fingerprint density at radius 3 is 2.64 bits per heavy atom. The number of benzene rings is 2. The van der Waals surface area contributed by atoms with Gasteiger partial charge >= 0.3 is 5.97 Å². The number of nitrogens with zero attached hydrogens (tertiary/aromatic N) is 5. The van der Waals surface area contributed by atoms with E-state index in [0.29, 0.717) is 42.2 Å². The van der Waals surface area contributed by atoms with Crippen molar-refractivity contribution in [1.82, 2.24) is 19.7 Å². The van der Waals surface area contributed by atoms with Crippen LogP contribution in [0, 0.1) is 11.8 Å². The lowest BCUT2D eigenvalue weighted by atomic mass is 9.59. The van der Waals surface area contributed by atoms with Crippen molar-refractivity contribution >= 4 is 29.1 Å². The summed E-state index contributed by atoms with van der Waals surface area (Å²) in [7, 11) is 0. The Balaban J connectivity index is 1.01. The van der Waals surface area contributed by atoms with E-state index in [2.05, 4.69) is 72.4 Å². The van der Waals surface area contributed by atoms with Gasteiger partial charge in [-0.2, -0.15) is 5.10 Å². The van der Waals surface area contributed by atoms with Gasteiger partial charge in [0.25, 0.3) is 0 Å².